The summed E-state index contributed by atoms with van der Waals surface area (Å²) in [7, 11) is -3.45. The van der Waals surface area contributed by atoms with Crippen molar-refractivity contribution in [1.29, 1.82) is 0 Å². The molecule has 114 valence electrons. The van der Waals surface area contributed by atoms with Crippen LogP contribution in [0.3, 0.4) is 0 Å². The minimum absolute atomic E-state index is 0.294. The SMILES string of the molecule is Cc1ccc(S(=O)(=O)NCCc2ccc3nc[nH]c3c2)cc1. The van der Waals surface area contributed by atoms with E-state index in [4.69, 9.17) is 0 Å². The van der Waals surface area contributed by atoms with Gasteiger partial charge in [-0.3, -0.25) is 0 Å². The first kappa shape index (κ1) is 14.7. The number of aryl methyl sites for hydroxylation is 1. The van der Waals surface area contributed by atoms with E-state index >= 15 is 0 Å². The van der Waals surface area contributed by atoms with Crippen LogP contribution in [-0.4, -0.2) is 24.9 Å². The molecule has 0 atom stereocenters. The summed E-state index contributed by atoms with van der Waals surface area (Å²) >= 11 is 0. The van der Waals surface area contributed by atoms with Crippen LogP contribution < -0.4 is 4.72 Å². The lowest BCUT2D eigenvalue weighted by molar-refractivity contribution is 0.581. The number of nitrogens with one attached hydrogen (secondary N) is 2. The van der Waals surface area contributed by atoms with Crippen LogP contribution >= 0.6 is 0 Å². The van der Waals surface area contributed by atoms with Crippen LogP contribution in [0.4, 0.5) is 0 Å². The van der Waals surface area contributed by atoms with Crippen molar-refractivity contribution in [3.8, 4) is 0 Å². The van der Waals surface area contributed by atoms with Gasteiger partial charge in [-0.25, -0.2) is 18.1 Å². The molecule has 0 saturated heterocycles. The molecule has 0 fully saturated rings. The van der Waals surface area contributed by atoms with Gasteiger partial charge in [0.15, 0.2) is 0 Å². The average Bonchev–Trinajstić information content (AvgIpc) is 2.95. The Morgan fingerprint density at radius 3 is 2.68 bits per heavy atom. The van der Waals surface area contributed by atoms with Crippen molar-refractivity contribution in [3.05, 3.63) is 59.9 Å². The highest BCUT2D eigenvalue weighted by molar-refractivity contribution is 7.89. The van der Waals surface area contributed by atoms with E-state index in [9.17, 15) is 8.42 Å². The van der Waals surface area contributed by atoms with Gasteiger partial charge in [0.25, 0.3) is 0 Å². The standard InChI is InChI=1S/C16H17N3O2S/c1-12-2-5-14(6-3-12)22(20,21)19-9-8-13-4-7-15-16(10-13)18-11-17-15/h2-7,10-11,19H,8-9H2,1H3,(H,17,18). The Kier molecular flexibility index (Phi) is 3.96. The van der Waals surface area contributed by atoms with E-state index in [0.717, 1.165) is 22.2 Å². The van der Waals surface area contributed by atoms with Crippen LogP contribution in [0.15, 0.2) is 53.7 Å². The zero-order valence-electron chi connectivity index (χ0n) is 12.2. The molecule has 6 heteroatoms. The summed E-state index contributed by atoms with van der Waals surface area (Å²) in [6.07, 6.45) is 2.27. The van der Waals surface area contributed by atoms with Crippen molar-refractivity contribution in [2.24, 2.45) is 0 Å². The average molecular weight is 315 g/mol. The van der Waals surface area contributed by atoms with E-state index in [0.29, 0.717) is 17.9 Å². The van der Waals surface area contributed by atoms with Crippen molar-refractivity contribution >= 4 is 21.1 Å². The van der Waals surface area contributed by atoms with Crippen molar-refractivity contribution < 1.29 is 8.42 Å². The van der Waals surface area contributed by atoms with Crippen LogP contribution in [0.1, 0.15) is 11.1 Å². The van der Waals surface area contributed by atoms with Crippen LogP contribution in [0.2, 0.25) is 0 Å². The molecule has 0 spiro atoms. The summed E-state index contributed by atoms with van der Waals surface area (Å²) in [6, 6.07) is 12.7. The lowest BCUT2D eigenvalue weighted by atomic mass is 10.1. The number of aromatic amines is 1. The van der Waals surface area contributed by atoms with E-state index in [1.807, 2.05) is 25.1 Å². The molecule has 0 aliphatic rings. The predicted molar refractivity (Wildman–Crippen MR) is 86.2 cm³/mol. The van der Waals surface area contributed by atoms with Gasteiger partial charge in [-0.15, -0.1) is 0 Å². The fourth-order valence-corrected chi connectivity index (χ4v) is 3.30. The first-order chi connectivity index (χ1) is 10.5. The molecule has 5 nitrogen and oxygen atoms in total. The second-order valence-electron chi connectivity index (χ2n) is 5.21. The van der Waals surface area contributed by atoms with Crippen molar-refractivity contribution in [2.75, 3.05) is 6.54 Å². The summed E-state index contributed by atoms with van der Waals surface area (Å²) in [5, 5.41) is 0. The molecule has 0 unspecified atom stereocenters. The van der Waals surface area contributed by atoms with E-state index in [2.05, 4.69) is 14.7 Å². The van der Waals surface area contributed by atoms with E-state index < -0.39 is 10.0 Å². The molecule has 3 rings (SSSR count). The fourth-order valence-electron chi connectivity index (χ4n) is 2.27. The zero-order chi connectivity index (χ0) is 15.6. The lowest BCUT2D eigenvalue weighted by Gasteiger charge is -2.07. The molecule has 2 N–H and O–H groups in total. The molecule has 2 aromatic carbocycles. The maximum absolute atomic E-state index is 12.2. The fraction of sp³-hybridized carbons (Fsp3) is 0.188. The maximum atomic E-state index is 12.2. The molecule has 0 bridgehead atoms. The van der Waals surface area contributed by atoms with Crippen molar-refractivity contribution in [3.63, 3.8) is 0 Å². The minimum Gasteiger partial charge on any atom is -0.345 e. The van der Waals surface area contributed by atoms with Gasteiger partial charge in [0, 0.05) is 6.54 Å². The van der Waals surface area contributed by atoms with E-state index in [1.54, 1.807) is 30.6 Å². The van der Waals surface area contributed by atoms with E-state index in [1.165, 1.54) is 0 Å². The molecule has 3 aromatic rings. The summed E-state index contributed by atoms with van der Waals surface area (Å²) in [5.41, 5.74) is 3.96. The molecule has 0 radical (unpaired) electrons. The first-order valence-electron chi connectivity index (χ1n) is 7.03. The Balaban J connectivity index is 1.65. The van der Waals surface area contributed by atoms with Gasteiger partial charge in [-0.1, -0.05) is 23.8 Å². The summed E-state index contributed by atoms with van der Waals surface area (Å²) in [4.78, 5) is 7.50. The van der Waals surface area contributed by atoms with Gasteiger partial charge in [-0.2, -0.15) is 0 Å². The molecule has 0 aliphatic carbocycles. The third-order valence-electron chi connectivity index (χ3n) is 3.52. The third-order valence-corrected chi connectivity index (χ3v) is 5.00. The molecule has 1 aromatic heterocycles. The molecule has 0 amide bonds. The molecule has 0 aliphatic heterocycles. The Labute approximate surface area is 129 Å². The number of rotatable bonds is 5. The van der Waals surface area contributed by atoms with Gasteiger partial charge in [0.1, 0.15) is 0 Å². The highest BCUT2D eigenvalue weighted by Crippen LogP contribution is 2.13. The molecule has 22 heavy (non-hydrogen) atoms. The number of benzene rings is 2. The Morgan fingerprint density at radius 2 is 1.91 bits per heavy atom. The number of nitrogens with zero attached hydrogens (tertiary/aromatic N) is 1. The van der Waals surface area contributed by atoms with Crippen LogP contribution in [0, 0.1) is 6.92 Å². The second kappa shape index (κ2) is 5.90. The topological polar surface area (TPSA) is 74.8 Å². The van der Waals surface area contributed by atoms with Crippen LogP contribution in [0.25, 0.3) is 11.0 Å². The van der Waals surface area contributed by atoms with Gasteiger partial charge in [0.05, 0.1) is 22.3 Å². The molecule has 1 heterocycles. The van der Waals surface area contributed by atoms with Gasteiger partial charge < -0.3 is 4.98 Å². The number of H-pyrrole nitrogens is 1. The molecular formula is C16H17N3O2S. The quantitative estimate of drug-likeness (QED) is 0.759. The molecule has 0 saturated carbocycles. The van der Waals surface area contributed by atoms with Crippen molar-refractivity contribution in [1.82, 2.24) is 14.7 Å². The zero-order valence-corrected chi connectivity index (χ0v) is 13.0. The number of sulfonamides is 1. The van der Waals surface area contributed by atoms with Crippen molar-refractivity contribution in [2.45, 2.75) is 18.2 Å². The molecular weight excluding hydrogens is 298 g/mol. The highest BCUT2D eigenvalue weighted by Gasteiger charge is 2.12. The third kappa shape index (κ3) is 3.18. The predicted octanol–water partition coefficient (Wildman–Crippen LogP) is 2.39. The minimum atomic E-state index is -3.45. The lowest BCUT2D eigenvalue weighted by Crippen LogP contribution is -2.25. The number of hydrogen-bond donors (Lipinski definition) is 2. The number of fused-ring (bicyclic) bond motifs is 1. The Bertz CT molecular complexity index is 883. The van der Waals surface area contributed by atoms with Crippen LogP contribution in [-0.2, 0) is 16.4 Å². The normalized spacial score (nSPS) is 11.9. The highest BCUT2D eigenvalue weighted by atomic mass is 32.2. The summed E-state index contributed by atoms with van der Waals surface area (Å²) in [5.74, 6) is 0. The first-order valence-corrected chi connectivity index (χ1v) is 8.51. The second-order valence-corrected chi connectivity index (χ2v) is 6.98. The van der Waals surface area contributed by atoms with Crippen LogP contribution in [0.5, 0.6) is 0 Å². The Hall–Kier alpha value is -2.18. The maximum Gasteiger partial charge on any atom is 0.240 e. The smallest absolute Gasteiger partial charge is 0.240 e. The largest absolute Gasteiger partial charge is 0.345 e. The number of aromatic nitrogens is 2. The van der Waals surface area contributed by atoms with Gasteiger partial charge in [0.2, 0.25) is 10.0 Å². The van der Waals surface area contributed by atoms with Gasteiger partial charge >= 0.3 is 0 Å². The summed E-state index contributed by atoms with van der Waals surface area (Å²) < 4.78 is 27.0. The monoisotopic (exact) mass is 315 g/mol. The number of imidazole rings is 1. The summed E-state index contributed by atoms with van der Waals surface area (Å²) in [6.45, 7) is 2.28. The van der Waals surface area contributed by atoms with Gasteiger partial charge in [-0.05, 0) is 43.2 Å². The Morgan fingerprint density at radius 1 is 1.14 bits per heavy atom. The number of hydrogen-bond acceptors (Lipinski definition) is 3. The van der Waals surface area contributed by atoms with E-state index in [-0.39, 0.29) is 0 Å².